The number of nitrogens with zero attached hydrogens (tertiary/aromatic N) is 7. The van der Waals surface area contributed by atoms with Gasteiger partial charge in [-0.25, -0.2) is 4.98 Å². The molecule has 1 saturated heterocycles. The predicted octanol–water partition coefficient (Wildman–Crippen LogP) is 2.45. The van der Waals surface area contributed by atoms with Gasteiger partial charge in [-0.2, -0.15) is 4.52 Å². The van der Waals surface area contributed by atoms with Crippen molar-refractivity contribution >= 4 is 22.5 Å². The Kier molecular flexibility index (Phi) is 3.29. The molecular weight excluding hydrogens is 314 g/mol. The molecule has 124 valence electrons. The molecule has 0 saturated carbocycles. The molecule has 25 heavy (non-hydrogen) atoms. The SMILES string of the molecule is c1cncc(C2CCN(c3nc4ccccc4n4nnnc34)CC2)c1. The Bertz CT molecular complexity index is 1020. The third kappa shape index (κ3) is 2.39. The molecule has 3 aromatic heterocycles. The van der Waals surface area contributed by atoms with Gasteiger partial charge in [0.1, 0.15) is 0 Å². The van der Waals surface area contributed by atoms with E-state index < -0.39 is 0 Å². The number of hydrogen-bond donors (Lipinski definition) is 0. The van der Waals surface area contributed by atoms with Gasteiger partial charge in [-0.15, -0.1) is 5.10 Å². The number of aromatic nitrogens is 6. The van der Waals surface area contributed by atoms with E-state index in [2.05, 4.69) is 31.5 Å². The number of benzene rings is 1. The zero-order valence-corrected chi connectivity index (χ0v) is 13.7. The Morgan fingerprint density at radius 3 is 2.72 bits per heavy atom. The summed E-state index contributed by atoms with van der Waals surface area (Å²) in [6.45, 7) is 1.88. The third-order valence-electron chi connectivity index (χ3n) is 4.96. The highest BCUT2D eigenvalue weighted by molar-refractivity contribution is 5.82. The highest BCUT2D eigenvalue weighted by atomic mass is 15.5. The smallest absolute Gasteiger partial charge is 0.222 e. The first-order valence-corrected chi connectivity index (χ1v) is 8.52. The van der Waals surface area contributed by atoms with Crippen LogP contribution >= 0.6 is 0 Å². The maximum Gasteiger partial charge on any atom is 0.222 e. The van der Waals surface area contributed by atoms with E-state index in [1.165, 1.54) is 5.56 Å². The van der Waals surface area contributed by atoms with E-state index in [0.717, 1.165) is 48.4 Å². The van der Waals surface area contributed by atoms with Gasteiger partial charge in [0.25, 0.3) is 0 Å². The minimum atomic E-state index is 0.553. The van der Waals surface area contributed by atoms with Crippen molar-refractivity contribution in [2.24, 2.45) is 0 Å². The largest absolute Gasteiger partial charge is 0.353 e. The summed E-state index contributed by atoms with van der Waals surface area (Å²) < 4.78 is 1.78. The van der Waals surface area contributed by atoms with Crippen molar-refractivity contribution in [1.82, 2.24) is 30.0 Å². The van der Waals surface area contributed by atoms with Crippen LogP contribution in [0.4, 0.5) is 5.82 Å². The summed E-state index contributed by atoms with van der Waals surface area (Å²) in [5.41, 5.74) is 3.88. The van der Waals surface area contributed by atoms with Crippen molar-refractivity contribution in [2.75, 3.05) is 18.0 Å². The van der Waals surface area contributed by atoms with Crippen molar-refractivity contribution in [3.8, 4) is 0 Å². The lowest BCUT2D eigenvalue weighted by Crippen LogP contribution is -2.34. The van der Waals surface area contributed by atoms with Gasteiger partial charge >= 0.3 is 0 Å². The number of fused-ring (bicyclic) bond motifs is 3. The minimum Gasteiger partial charge on any atom is -0.353 e. The first-order valence-electron chi connectivity index (χ1n) is 8.52. The number of rotatable bonds is 2. The molecule has 1 aliphatic heterocycles. The monoisotopic (exact) mass is 331 g/mol. The average Bonchev–Trinajstić information content (AvgIpc) is 3.18. The second kappa shape index (κ2) is 5.77. The minimum absolute atomic E-state index is 0.553. The quantitative estimate of drug-likeness (QED) is 0.562. The van der Waals surface area contributed by atoms with Gasteiger partial charge in [-0.05, 0) is 52.9 Å². The molecule has 5 rings (SSSR count). The van der Waals surface area contributed by atoms with Crippen LogP contribution in [0.2, 0.25) is 0 Å². The molecule has 7 nitrogen and oxygen atoms in total. The molecule has 0 aliphatic carbocycles. The van der Waals surface area contributed by atoms with E-state index in [9.17, 15) is 0 Å². The van der Waals surface area contributed by atoms with Crippen LogP contribution in [-0.2, 0) is 0 Å². The normalized spacial score (nSPS) is 15.9. The first kappa shape index (κ1) is 14.3. The molecule has 0 amide bonds. The lowest BCUT2D eigenvalue weighted by atomic mass is 9.90. The van der Waals surface area contributed by atoms with Gasteiger partial charge in [0.2, 0.25) is 5.65 Å². The number of hydrogen-bond acceptors (Lipinski definition) is 6. The van der Waals surface area contributed by atoms with Gasteiger partial charge in [-0.1, -0.05) is 18.2 Å². The number of anilines is 1. The van der Waals surface area contributed by atoms with Crippen LogP contribution in [-0.4, -0.2) is 43.1 Å². The molecule has 0 radical (unpaired) electrons. The molecule has 0 atom stereocenters. The van der Waals surface area contributed by atoms with Crippen molar-refractivity contribution in [3.63, 3.8) is 0 Å². The molecular formula is C18H17N7. The number of piperidine rings is 1. The highest BCUT2D eigenvalue weighted by Gasteiger charge is 2.24. The van der Waals surface area contributed by atoms with E-state index in [-0.39, 0.29) is 0 Å². The maximum atomic E-state index is 4.85. The van der Waals surface area contributed by atoms with Crippen molar-refractivity contribution < 1.29 is 0 Å². The Hall–Kier alpha value is -3.09. The summed E-state index contributed by atoms with van der Waals surface area (Å²) in [5, 5.41) is 12.2. The summed E-state index contributed by atoms with van der Waals surface area (Å²) in [7, 11) is 0. The van der Waals surface area contributed by atoms with Gasteiger partial charge in [0.15, 0.2) is 5.82 Å². The molecule has 0 unspecified atom stereocenters. The molecule has 0 spiro atoms. The second-order valence-corrected chi connectivity index (χ2v) is 6.39. The highest BCUT2D eigenvalue weighted by Crippen LogP contribution is 2.31. The molecule has 1 fully saturated rings. The summed E-state index contributed by atoms with van der Waals surface area (Å²) in [4.78, 5) is 11.4. The Balaban J connectivity index is 1.49. The van der Waals surface area contributed by atoms with Gasteiger partial charge in [0, 0.05) is 25.5 Å². The zero-order valence-electron chi connectivity index (χ0n) is 13.7. The fraction of sp³-hybridized carbons (Fsp3) is 0.278. The molecule has 1 aromatic carbocycles. The van der Waals surface area contributed by atoms with Crippen LogP contribution in [0.5, 0.6) is 0 Å². The second-order valence-electron chi connectivity index (χ2n) is 6.39. The number of para-hydroxylation sites is 2. The first-order chi connectivity index (χ1) is 12.4. The van der Waals surface area contributed by atoms with E-state index >= 15 is 0 Å². The zero-order chi connectivity index (χ0) is 16.6. The van der Waals surface area contributed by atoms with E-state index in [4.69, 9.17) is 4.98 Å². The fourth-order valence-electron chi connectivity index (χ4n) is 3.64. The maximum absolute atomic E-state index is 4.85. The van der Waals surface area contributed by atoms with Crippen LogP contribution in [0.15, 0.2) is 48.8 Å². The summed E-state index contributed by atoms with van der Waals surface area (Å²) in [6, 6.07) is 12.1. The molecule has 0 N–H and O–H groups in total. The third-order valence-corrected chi connectivity index (χ3v) is 4.96. The van der Waals surface area contributed by atoms with Crippen LogP contribution < -0.4 is 4.90 Å². The summed E-state index contributed by atoms with van der Waals surface area (Å²) >= 11 is 0. The molecule has 1 aliphatic rings. The Labute approximate surface area is 144 Å². The molecule has 7 heteroatoms. The number of tetrazole rings is 1. The van der Waals surface area contributed by atoms with Crippen molar-refractivity contribution in [3.05, 3.63) is 54.4 Å². The molecule has 4 aromatic rings. The van der Waals surface area contributed by atoms with Gasteiger partial charge in [-0.3, -0.25) is 4.98 Å². The Morgan fingerprint density at radius 1 is 1.00 bits per heavy atom. The molecule has 0 bridgehead atoms. The van der Waals surface area contributed by atoms with E-state index in [1.807, 2.05) is 42.7 Å². The average molecular weight is 331 g/mol. The lowest BCUT2D eigenvalue weighted by molar-refractivity contribution is 0.502. The summed E-state index contributed by atoms with van der Waals surface area (Å²) in [5.74, 6) is 1.42. The predicted molar refractivity (Wildman–Crippen MR) is 94.5 cm³/mol. The summed E-state index contributed by atoms with van der Waals surface area (Å²) in [6.07, 6.45) is 5.96. The Morgan fingerprint density at radius 2 is 1.88 bits per heavy atom. The van der Waals surface area contributed by atoms with Gasteiger partial charge in [0.05, 0.1) is 11.0 Å². The van der Waals surface area contributed by atoms with Crippen LogP contribution in [0.25, 0.3) is 16.7 Å². The van der Waals surface area contributed by atoms with Crippen LogP contribution in [0.3, 0.4) is 0 Å². The fourth-order valence-corrected chi connectivity index (χ4v) is 3.64. The topological polar surface area (TPSA) is 72.1 Å². The van der Waals surface area contributed by atoms with Gasteiger partial charge < -0.3 is 4.90 Å². The number of pyridine rings is 1. The van der Waals surface area contributed by atoms with E-state index in [0.29, 0.717) is 5.92 Å². The molecule has 4 heterocycles. The van der Waals surface area contributed by atoms with E-state index in [1.54, 1.807) is 4.52 Å². The van der Waals surface area contributed by atoms with Crippen LogP contribution in [0, 0.1) is 0 Å². The van der Waals surface area contributed by atoms with Crippen LogP contribution in [0.1, 0.15) is 24.3 Å². The van der Waals surface area contributed by atoms with Crippen molar-refractivity contribution in [1.29, 1.82) is 0 Å². The lowest BCUT2D eigenvalue weighted by Gasteiger charge is -2.32. The standard InChI is InChI=1S/C18H17N7/c1-2-6-16-15(5-1)20-17(18-21-22-23-25(16)18)24-10-7-13(8-11-24)14-4-3-9-19-12-14/h1-6,9,12-13H,7-8,10-11H2. The van der Waals surface area contributed by atoms with Crippen molar-refractivity contribution in [2.45, 2.75) is 18.8 Å².